The number of nitrogens with zero attached hydrogens (tertiary/aromatic N) is 1. The van der Waals surface area contributed by atoms with Gasteiger partial charge in [0, 0.05) is 31.2 Å². The van der Waals surface area contributed by atoms with Gasteiger partial charge in [-0.1, -0.05) is 12.1 Å². The molecule has 0 aromatic heterocycles. The van der Waals surface area contributed by atoms with E-state index in [1.807, 2.05) is 24.3 Å². The Morgan fingerprint density at radius 3 is 2.03 bits per heavy atom. The zero-order valence-electron chi connectivity index (χ0n) is 21.3. The molecule has 1 atom stereocenters. The summed E-state index contributed by atoms with van der Waals surface area (Å²) in [6.07, 6.45) is 3.10. The zero-order chi connectivity index (χ0) is 25.4. The number of piperidine rings is 2. The molecule has 3 rings (SSSR count). The van der Waals surface area contributed by atoms with E-state index in [2.05, 4.69) is 15.5 Å². The summed E-state index contributed by atoms with van der Waals surface area (Å²) in [5.74, 6) is -0.665. The lowest BCUT2D eigenvalue weighted by molar-refractivity contribution is -0.134. The van der Waals surface area contributed by atoms with Crippen molar-refractivity contribution in [3.8, 4) is 0 Å². The third-order valence-electron chi connectivity index (χ3n) is 6.43. The molecule has 2 aliphatic heterocycles. The number of hydrogen-bond donors (Lipinski definition) is 3. The quantitative estimate of drug-likeness (QED) is 0.210. The molecule has 1 aromatic carbocycles. The van der Waals surface area contributed by atoms with Gasteiger partial charge in [-0.2, -0.15) is 0 Å². The number of nitrogens with one attached hydrogen (secondary N) is 2. The van der Waals surface area contributed by atoms with Gasteiger partial charge in [-0.05, 0) is 50.0 Å². The Balaban J connectivity index is 1.07. The maximum Gasteiger partial charge on any atom is 0.234 e. The number of likely N-dealkylation sites (tertiary alicyclic amines) is 1. The van der Waals surface area contributed by atoms with Crippen LogP contribution in [0.15, 0.2) is 24.3 Å². The van der Waals surface area contributed by atoms with Crippen LogP contribution in [0.5, 0.6) is 0 Å². The fourth-order valence-corrected chi connectivity index (χ4v) is 4.24. The second-order valence-electron chi connectivity index (χ2n) is 9.18. The van der Waals surface area contributed by atoms with Gasteiger partial charge < -0.3 is 34.9 Å². The highest BCUT2D eigenvalue weighted by Gasteiger charge is 2.27. The first-order valence-corrected chi connectivity index (χ1v) is 13.1. The Hall–Kier alpha value is -2.08. The summed E-state index contributed by atoms with van der Waals surface area (Å²) in [6, 6.07) is 8.11. The van der Waals surface area contributed by atoms with Crippen molar-refractivity contribution in [3.63, 3.8) is 0 Å². The summed E-state index contributed by atoms with van der Waals surface area (Å²) < 4.78 is 22.3. The van der Waals surface area contributed by atoms with Crippen LogP contribution in [0.2, 0.25) is 0 Å². The number of hydrogen-bond acceptors (Lipinski definition) is 9. The molecule has 202 valence electrons. The van der Waals surface area contributed by atoms with Crippen molar-refractivity contribution < 1.29 is 28.5 Å². The Morgan fingerprint density at radius 1 is 0.833 bits per heavy atom. The molecule has 0 aliphatic carbocycles. The molecule has 2 saturated heterocycles. The molecule has 2 heterocycles. The predicted molar refractivity (Wildman–Crippen MR) is 137 cm³/mol. The van der Waals surface area contributed by atoms with E-state index in [0.717, 1.165) is 50.3 Å². The number of ether oxygens (including phenoxy) is 4. The van der Waals surface area contributed by atoms with Gasteiger partial charge in [0.15, 0.2) is 0 Å². The van der Waals surface area contributed by atoms with Crippen molar-refractivity contribution in [1.82, 2.24) is 10.2 Å². The number of benzene rings is 1. The van der Waals surface area contributed by atoms with Gasteiger partial charge in [0.1, 0.15) is 0 Å². The minimum atomic E-state index is -0.256. The van der Waals surface area contributed by atoms with Crippen LogP contribution in [0.3, 0.4) is 0 Å². The normalized spacial score (nSPS) is 19.4. The topological polar surface area (TPSA) is 124 Å². The van der Waals surface area contributed by atoms with Crippen LogP contribution in [-0.2, 0) is 28.5 Å². The minimum Gasteiger partial charge on any atom is -0.383 e. The summed E-state index contributed by atoms with van der Waals surface area (Å²) in [4.78, 5) is 25.7. The van der Waals surface area contributed by atoms with Crippen LogP contribution in [0.1, 0.15) is 37.2 Å². The number of imide groups is 1. The van der Waals surface area contributed by atoms with Crippen LogP contribution < -0.4 is 16.4 Å². The second-order valence-corrected chi connectivity index (χ2v) is 9.18. The number of carbonyl (C=O) groups excluding carboxylic acids is 2. The zero-order valence-corrected chi connectivity index (χ0v) is 21.3. The first kappa shape index (κ1) is 28.5. The molecule has 0 radical (unpaired) electrons. The fraction of sp³-hybridized carbons (Fsp3) is 0.692. The van der Waals surface area contributed by atoms with Gasteiger partial charge in [0.05, 0.1) is 58.8 Å². The van der Waals surface area contributed by atoms with Crippen LogP contribution in [0, 0.1) is 0 Å². The molecule has 10 heteroatoms. The van der Waals surface area contributed by atoms with Crippen LogP contribution >= 0.6 is 0 Å². The van der Waals surface area contributed by atoms with Crippen LogP contribution in [-0.4, -0.2) is 102 Å². The lowest BCUT2D eigenvalue weighted by Gasteiger charge is -2.29. The number of rotatable bonds is 17. The maximum atomic E-state index is 12.0. The van der Waals surface area contributed by atoms with E-state index in [9.17, 15) is 9.59 Å². The highest BCUT2D eigenvalue weighted by Crippen LogP contribution is 2.25. The molecule has 0 spiro atoms. The second kappa shape index (κ2) is 16.6. The molecule has 0 saturated carbocycles. The third-order valence-corrected chi connectivity index (χ3v) is 6.43. The first-order chi connectivity index (χ1) is 17.6. The van der Waals surface area contributed by atoms with Gasteiger partial charge in [-0.3, -0.25) is 14.9 Å². The largest absolute Gasteiger partial charge is 0.383 e. The number of anilines is 1. The summed E-state index contributed by atoms with van der Waals surface area (Å²) in [6.45, 7) is 8.38. The predicted octanol–water partition coefficient (Wildman–Crippen LogP) is 1.11. The van der Waals surface area contributed by atoms with E-state index in [-0.39, 0.29) is 17.7 Å². The van der Waals surface area contributed by atoms with Gasteiger partial charge in [-0.15, -0.1) is 0 Å². The van der Waals surface area contributed by atoms with Crippen molar-refractivity contribution in [3.05, 3.63) is 29.8 Å². The van der Waals surface area contributed by atoms with E-state index >= 15 is 0 Å². The molecular weight excluding hydrogens is 464 g/mol. The highest BCUT2D eigenvalue weighted by molar-refractivity contribution is 6.00. The summed E-state index contributed by atoms with van der Waals surface area (Å²) in [7, 11) is 0. The Kier molecular flexibility index (Phi) is 13.2. The average molecular weight is 507 g/mol. The summed E-state index contributed by atoms with van der Waals surface area (Å²) in [5, 5.41) is 5.69. The van der Waals surface area contributed by atoms with Gasteiger partial charge in [0.25, 0.3) is 0 Å². The van der Waals surface area contributed by atoms with Crippen LogP contribution in [0.25, 0.3) is 0 Å². The van der Waals surface area contributed by atoms with Gasteiger partial charge >= 0.3 is 0 Å². The number of carbonyl (C=O) groups is 2. The monoisotopic (exact) mass is 506 g/mol. The van der Waals surface area contributed by atoms with Gasteiger partial charge in [0.2, 0.25) is 11.8 Å². The maximum absolute atomic E-state index is 12.0. The highest BCUT2D eigenvalue weighted by atomic mass is 16.6. The van der Waals surface area contributed by atoms with Gasteiger partial charge in [-0.25, -0.2) is 0 Å². The molecule has 4 N–H and O–H groups in total. The van der Waals surface area contributed by atoms with E-state index in [4.69, 9.17) is 24.7 Å². The van der Waals surface area contributed by atoms with Crippen molar-refractivity contribution in [2.45, 2.75) is 37.6 Å². The molecule has 1 aromatic rings. The van der Waals surface area contributed by atoms with Crippen molar-refractivity contribution in [2.24, 2.45) is 5.73 Å². The molecular formula is C26H42N4O6. The van der Waals surface area contributed by atoms with Crippen molar-refractivity contribution in [2.75, 3.05) is 84.4 Å². The summed E-state index contributed by atoms with van der Waals surface area (Å²) >= 11 is 0. The molecule has 2 amide bonds. The standard InChI is InChI=1S/C26H42N4O6/c27-22-7-10-30(11-8-22)12-14-34-16-18-36-20-19-35-17-15-33-13-9-28-23-3-1-21(2-4-23)24-5-6-25(31)29-26(24)32/h1-4,22,24,28H,5-20,27H2,(H,29,31,32). The number of nitrogens with two attached hydrogens (primary N) is 1. The Labute approximate surface area is 214 Å². The lowest BCUT2D eigenvalue weighted by Crippen LogP contribution is -2.41. The SMILES string of the molecule is NC1CCN(CCOCCOCCOCCOCCNc2ccc(C3CCC(=O)NC3=O)cc2)CC1. The Morgan fingerprint density at radius 2 is 1.42 bits per heavy atom. The Bertz CT molecular complexity index is 770. The van der Waals surface area contributed by atoms with E-state index < -0.39 is 0 Å². The average Bonchev–Trinajstić information content (AvgIpc) is 2.88. The van der Waals surface area contributed by atoms with E-state index in [1.54, 1.807) is 0 Å². The van der Waals surface area contributed by atoms with Crippen molar-refractivity contribution >= 4 is 17.5 Å². The molecule has 2 fully saturated rings. The number of amides is 2. The van der Waals surface area contributed by atoms with Crippen molar-refractivity contribution in [1.29, 1.82) is 0 Å². The molecule has 10 nitrogen and oxygen atoms in total. The minimum absolute atomic E-state index is 0.195. The fourth-order valence-electron chi connectivity index (χ4n) is 4.24. The molecule has 2 aliphatic rings. The third kappa shape index (κ3) is 10.9. The summed E-state index contributed by atoms with van der Waals surface area (Å²) in [5.41, 5.74) is 7.80. The van der Waals surface area contributed by atoms with E-state index in [1.165, 1.54) is 0 Å². The smallest absolute Gasteiger partial charge is 0.234 e. The molecule has 36 heavy (non-hydrogen) atoms. The first-order valence-electron chi connectivity index (χ1n) is 13.1. The molecule has 0 bridgehead atoms. The van der Waals surface area contributed by atoms with Crippen LogP contribution in [0.4, 0.5) is 5.69 Å². The van der Waals surface area contributed by atoms with E-state index in [0.29, 0.717) is 71.7 Å². The lowest BCUT2D eigenvalue weighted by atomic mass is 9.90. The molecule has 1 unspecified atom stereocenters.